The fraction of sp³-hybridized carbons (Fsp3) is 0.167. The number of anilines is 1. The molecule has 0 fully saturated rings. The van der Waals surface area contributed by atoms with E-state index in [9.17, 15) is 15.4 Å². The fourth-order valence-corrected chi connectivity index (χ4v) is 2.49. The molecular formula is C18H15N5O2. The molecule has 0 saturated carbocycles. The average molecular weight is 333 g/mol. The third-order valence-corrected chi connectivity index (χ3v) is 3.82. The van der Waals surface area contributed by atoms with Crippen molar-refractivity contribution in [2.45, 2.75) is 13.3 Å². The predicted molar refractivity (Wildman–Crippen MR) is 94.3 cm³/mol. The van der Waals surface area contributed by atoms with Crippen LogP contribution < -0.4 is 5.32 Å². The summed E-state index contributed by atoms with van der Waals surface area (Å²) in [7, 11) is 0. The highest BCUT2D eigenvalue weighted by Crippen LogP contribution is 2.24. The van der Waals surface area contributed by atoms with E-state index in [1.54, 1.807) is 12.1 Å². The Morgan fingerprint density at radius 2 is 2.12 bits per heavy atom. The molecule has 0 radical (unpaired) electrons. The minimum atomic E-state index is -0.484. The lowest BCUT2D eigenvalue weighted by Crippen LogP contribution is -2.07. The van der Waals surface area contributed by atoms with Gasteiger partial charge in [0.05, 0.1) is 22.1 Å². The number of fused-ring (bicyclic) bond motifs is 1. The Kier molecular flexibility index (Phi) is 4.53. The number of nitrogens with one attached hydrogen (secondary N) is 1. The topological polar surface area (TPSA) is 105 Å². The second-order valence-corrected chi connectivity index (χ2v) is 5.61. The molecule has 3 aromatic rings. The Balaban J connectivity index is 1.80. The van der Waals surface area contributed by atoms with Crippen molar-refractivity contribution < 1.29 is 4.92 Å². The molecule has 0 saturated heterocycles. The maximum absolute atomic E-state index is 10.9. The van der Waals surface area contributed by atoms with Crippen LogP contribution in [0.2, 0.25) is 0 Å². The highest BCUT2D eigenvalue weighted by atomic mass is 16.6. The summed E-state index contributed by atoms with van der Waals surface area (Å²) in [6.45, 7) is 2.58. The first-order chi connectivity index (χ1) is 12.1. The molecule has 0 aliphatic heterocycles. The van der Waals surface area contributed by atoms with Crippen molar-refractivity contribution in [3.05, 3.63) is 69.5 Å². The Bertz CT molecular complexity index is 977. The molecule has 0 atom stereocenters. The van der Waals surface area contributed by atoms with Gasteiger partial charge in [-0.2, -0.15) is 5.26 Å². The Morgan fingerprint density at radius 3 is 2.80 bits per heavy atom. The third kappa shape index (κ3) is 3.70. The molecule has 0 unspecified atom stereocenters. The highest BCUT2D eigenvalue weighted by Gasteiger charge is 2.11. The third-order valence-electron chi connectivity index (χ3n) is 3.82. The van der Waals surface area contributed by atoms with Gasteiger partial charge in [-0.05, 0) is 37.1 Å². The number of hydrogen-bond acceptors (Lipinski definition) is 6. The van der Waals surface area contributed by atoms with Gasteiger partial charge in [-0.25, -0.2) is 4.98 Å². The van der Waals surface area contributed by atoms with Crippen molar-refractivity contribution in [1.82, 2.24) is 9.97 Å². The van der Waals surface area contributed by atoms with E-state index in [4.69, 9.17) is 0 Å². The van der Waals surface area contributed by atoms with Crippen LogP contribution >= 0.6 is 0 Å². The van der Waals surface area contributed by atoms with Crippen LogP contribution in [0.4, 0.5) is 11.5 Å². The second-order valence-electron chi connectivity index (χ2n) is 5.61. The van der Waals surface area contributed by atoms with Crippen molar-refractivity contribution in [2.24, 2.45) is 0 Å². The van der Waals surface area contributed by atoms with Gasteiger partial charge < -0.3 is 5.32 Å². The summed E-state index contributed by atoms with van der Waals surface area (Å²) in [6.07, 6.45) is 2.61. The maximum atomic E-state index is 10.9. The molecule has 25 heavy (non-hydrogen) atoms. The van der Waals surface area contributed by atoms with Crippen LogP contribution in [0, 0.1) is 28.4 Å². The van der Waals surface area contributed by atoms with Crippen LogP contribution in [0.25, 0.3) is 10.9 Å². The first kappa shape index (κ1) is 16.3. The highest BCUT2D eigenvalue weighted by molar-refractivity contribution is 5.88. The Hall–Kier alpha value is -3.53. The van der Waals surface area contributed by atoms with Crippen LogP contribution in [-0.2, 0) is 6.42 Å². The summed E-state index contributed by atoms with van der Waals surface area (Å²) in [5.41, 5.74) is 2.92. The van der Waals surface area contributed by atoms with E-state index in [-0.39, 0.29) is 5.69 Å². The Morgan fingerprint density at radius 1 is 1.28 bits per heavy atom. The molecule has 7 nitrogen and oxygen atoms in total. The van der Waals surface area contributed by atoms with Gasteiger partial charge in [0.1, 0.15) is 5.82 Å². The largest absolute Gasteiger partial charge is 0.370 e. The summed E-state index contributed by atoms with van der Waals surface area (Å²) in [5, 5.41) is 23.9. The van der Waals surface area contributed by atoms with E-state index in [0.717, 1.165) is 17.7 Å². The average Bonchev–Trinajstić information content (AvgIpc) is 2.62. The molecule has 0 aliphatic rings. The summed E-state index contributed by atoms with van der Waals surface area (Å²) in [4.78, 5) is 19.1. The standard InChI is InChI=1S/C18H15N5O2/c1-12-2-3-13(11-21-12)6-7-20-18-8-14(10-19)16-9-15(23(24)25)4-5-17(16)22-18/h2-5,8-9,11H,6-7H2,1H3,(H,20,22). The number of aromatic nitrogens is 2. The predicted octanol–water partition coefficient (Wildman–Crippen LogP) is 3.37. The lowest BCUT2D eigenvalue weighted by Gasteiger charge is -2.08. The number of non-ortho nitro benzene ring substituents is 1. The normalized spacial score (nSPS) is 10.4. The number of aryl methyl sites for hydroxylation is 1. The second kappa shape index (κ2) is 6.93. The summed E-state index contributed by atoms with van der Waals surface area (Å²) in [5.74, 6) is 0.568. The van der Waals surface area contributed by atoms with Crippen LogP contribution in [-0.4, -0.2) is 21.4 Å². The molecule has 0 spiro atoms. The van der Waals surface area contributed by atoms with Crippen LogP contribution in [0.3, 0.4) is 0 Å². The van der Waals surface area contributed by atoms with Crippen molar-refractivity contribution >= 4 is 22.4 Å². The van der Waals surface area contributed by atoms with Gasteiger partial charge in [0.15, 0.2) is 0 Å². The van der Waals surface area contributed by atoms with E-state index in [2.05, 4.69) is 21.4 Å². The minimum absolute atomic E-state index is 0.0571. The van der Waals surface area contributed by atoms with Crippen LogP contribution in [0.1, 0.15) is 16.8 Å². The first-order valence-corrected chi connectivity index (χ1v) is 7.71. The zero-order valence-corrected chi connectivity index (χ0v) is 13.6. The molecule has 3 rings (SSSR count). The number of nitrogens with zero attached hydrogens (tertiary/aromatic N) is 4. The molecular weight excluding hydrogens is 318 g/mol. The number of hydrogen-bond donors (Lipinski definition) is 1. The summed E-state index contributed by atoms with van der Waals surface area (Å²) in [6, 6.07) is 12.0. The molecule has 2 aromatic heterocycles. The van der Waals surface area contributed by atoms with E-state index >= 15 is 0 Å². The quantitative estimate of drug-likeness (QED) is 0.567. The van der Waals surface area contributed by atoms with E-state index < -0.39 is 4.92 Å². The van der Waals surface area contributed by atoms with Gasteiger partial charge in [0.25, 0.3) is 5.69 Å². The number of benzene rings is 1. The van der Waals surface area contributed by atoms with E-state index in [0.29, 0.717) is 28.8 Å². The van der Waals surface area contributed by atoms with E-state index in [1.165, 1.54) is 12.1 Å². The molecule has 0 bridgehead atoms. The molecule has 0 amide bonds. The zero-order chi connectivity index (χ0) is 17.8. The number of pyridine rings is 2. The van der Waals surface area contributed by atoms with Gasteiger partial charge >= 0.3 is 0 Å². The van der Waals surface area contributed by atoms with Crippen molar-refractivity contribution in [3.8, 4) is 6.07 Å². The van der Waals surface area contributed by atoms with Gasteiger partial charge in [-0.15, -0.1) is 0 Å². The van der Waals surface area contributed by atoms with Gasteiger partial charge in [0.2, 0.25) is 0 Å². The molecule has 2 heterocycles. The zero-order valence-electron chi connectivity index (χ0n) is 13.6. The van der Waals surface area contributed by atoms with Crippen LogP contribution in [0.15, 0.2) is 42.6 Å². The van der Waals surface area contributed by atoms with Crippen molar-refractivity contribution in [2.75, 3.05) is 11.9 Å². The fourth-order valence-electron chi connectivity index (χ4n) is 2.49. The van der Waals surface area contributed by atoms with Crippen LogP contribution in [0.5, 0.6) is 0 Å². The molecule has 1 N–H and O–H groups in total. The van der Waals surface area contributed by atoms with Gasteiger partial charge in [0, 0.05) is 36.0 Å². The van der Waals surface area contributed by atoms with Crippen molar-refractivity contribution in [1.29, 1.82) is 5.26 Å². The number of nitro benzene ring substituents is 1. The number of nitro groups is 1. The summed E-state index contributed by atoms with van der Waals surface area (Å²) >= 11 is 0. The smallest absolute Gasteiger partial charge is 0.270 e. The molecule has 0 aliphatic carbocycles. The molecule has 124 valence electrons. The Labute approximate surface area is 144 Å². The number of nitriles is 1. The first-order valence-electron chi connectivity index (χ1n) is 7.71. The molecule has 7 heteroatoms. The van der Waals surface area contributed by atoms with Crippen molar-refractivity contribution in [3.63, 3.8) is 0 Å². The minimum Gasteiger partial charge on any atom is -0.370 e. The monoisotopic (exact) mass is 333 g/mol. The maximum Gasteiger partial charge on any atom is 0.270 e. The number of rotatable bonds is 5. The summed E-state index contributed by atoms with van der Waals surface area (Å²) < 4.78 is 0. The molecule has 1 aromatic carbocycles. The lowest BCUT2D eigenvalue weighted by atomic mass is 10.1. The van der Waals surface area contributed by atoms with Gasteiger partial charge in [-0.3, -0.25) is 15.1 Å². The lowest BCUT2D eigenvalue weighted by molar-refractivity contribution is -0.384. The van der Waals surface area contributed by atoms with E-state index in [1.807, 2.05) is 25.3 Å². The van der Waals surface area contributed by atoms with Gasteiger partial charge in [-0.1, -0.05) is 6.07 Å². The SMILES string of the molecule is Cc1ccc(CCNc2cc(C#N)c3cc([N+](=O)[O-])ccc3n2)cn1.